The minimum Gasteiger partial charge on any atom is -0.358 e. The van der Waals surface area contributed by atoms with Gasteiger partial charge in [0.1, 0.15) is 0 Å². The molecule has 140 valence electrons. The van der Waals surface area contributed by atoms with Crippen LogP contribution in [-0.2, 0) is 0 Å². The molecule has 0 spiro atoms. The van der Waals surface area contributed by atoms with Gasteiger partial charge in [-0.25, -0.2) is 0 Å². The van der Waals surface area contributed by atoms with Crippen molar-refractivity contribution in [2.45, 2.75) is 25.9 Å². The molecule has 6 heteroatoms. The van der Waals surface area contributed by atoms with Crippen LogP contribution in [0.2, 0.25) is 0 Å². The Morgan fingerprint density at radius 1 is 1.12 bits per heavy atom. The number of piperazine rings is 1. The lowest BCUT2D eigenvalue weighted by atomic mass is 10.1. The molecular formula is C20H28N4S2. The van der Waals surface area contributed by atoms with Crippen molar-refractivity contribution in [2.24, 2.45) is 0 Å². The Balaban J connectivity index is 1.65. The first kappa shape index (κ1) is 19.3. The van der Waals surface area contributed by atoms with Crippen LogP contribution in [0.25, 0.3) is 0 Å². The molecule has 4 nitrogen and oxygen atoms in total. The lowest BCUT2D eigenvalue weighted by Crippen LogP contribution is -2.52. The zero-order chi connectivity index (χ0) is 18.4. The van der Waals surface area contributed by atoms with E-state index in [0.717, 1.165) is 38.4 Å². The molecule has 1 aliphatic heterocycles. The van der Waals surface area contributed by atoms with Crippen LogP contribution in [0.1, 0.15) is 24.8 Å². The van der Waals surface area contributed by atoms with Crippen LogP contribution < -0.4 is 10.6 Å². The fraction of sp³-hybridized carbons (Fsp3) is 0.450. The van der Waals surface area contributed by atoms with Gasteiger partial charge in [-0.1, -0.05) is 31.2 Å². The van der Waals surface area contributed by atoms with Gasteiger partial charge in [0, 0.05) is 42.8 Å². The molecule has 1 saturated heterocycles. The van der Waals surface area contributed by atoms with Crippen LogP contribution in [0.15, 0.2) is 47.8 Å². The first-order valence-corrected chi connectivity index (χ1v) is 10.6. The first-order chi connectivity index (χ1) is 12.7. The van der Waals surface area contributed by atoms with Crippen molar-refractivity contribution in [3.63, 3.8) is 0 Å². The highest BCUT2D eigenvalue weighted by Crippen LogP contribution is 2.29. The number of benzene rings is 1. The Hall–Kier alpha value is -1.47. The third-order valence-electron chi connectivity index (χ3n) is 4.95. The average Bonchev–Trinajstić information content (AvgIpc) is 3.17. The van der Waals surface area contributed by atoms with Crippen LogP contribution in [0.5, 0.6) is 0 Å². The number of rotatable bonds is 6. The van der Waals surface area contributed by atoms with Crippen LogP contribution in [0.3, 0.4) is 0 Å². The van der Waals surface area contributed by atoms with Crippen LogP contribution >= 0.6 is 23.6 Å². The van der Waals surface area contributed by atoms with E-state index in [2.05, 4.69) is 51.8 Å². The lowest BCUT2D eigenvalue weighted by molar-refractivity contribution is 0.0883. The predicted octanol–water partition coefficient (Wildman–Crippen LogP) is 3.80. The molecule has 0 unspecified atom stereocenters. The number of thiocarbonyl (C=S) groups is 1. The van der Waals surface area contributed by atoms with Crippen molar-refractivity contribution in [1.29, 1.82) is 0 Å². The standard InChI is InChI=1S/C20H28N4S2/c1-3-23-11-13-24(14-12-23)19(18-10-7-15-26-18)16(2)21-20(25)22-17-8-5-4-6-9-17/h4-10,15-16,19H,3,11-14H2,1-2H3,(H2,21,22,25)/t16-,19-/m0/s1. The SMILES string of the molecule is CCN1CCN([C@H](c2cccs2)[C@H](C)NC(=S)Nc2ccccc2)CC1. The third-order valence-corrected chi connectivity index (χ3v) is 6.11. The number of hydrogen-bond acceptors (Lipinski definition) is 4. The van der Waals surface area contributed by atoms with Gasteiger partial charge in [-0.2, -0.15) is 0 Å². The molecule has 0 radical (unpaired) electrons. The third kappa shape index (κ3) is 5.04. The second kappa shape index (κ2) is 9.46. The molecule has 0 bridgehead atoms. The molecule has 1 aromatic carbocycles. The Labute approximate surface area is 166 Å². The molecule has 0 aliphatic carbocycles. The van der Waals surface area contributed by atoms with Gasteiger partial charge in [0.15, 0.2) is 5.11 Å². The molecule has 0 saturated carbocycles. The zero-order valence-electron chi connectivity index (χ0n) is 15.5. The summed E-state index contributed by atoms with van der Waals surface area (Å²) in [6.45, 7) is 10.1. The van der Waals surface area contributed by atoms with E-state index in [0.29, 0.717) is 11.2 Å². The maximum Gasteiger partial charge on any atom is 0.171 e. The Morgan fingerprint density at radius 3 is 2.46 bits per heavy atom. The highest BCUT2D eigenvalue weighted by Gasteiger charge is 2.30. The van der Waals surface area contributed by atoms with Gasteiger partial charge in [0.05, 0.1) is 6.04 Å². The number of likely N-dealkylation sites (N-methyl/N-ethyl adjacent to an activating group) is 1. The summed E-state index contributed by atoms with van der Waals surface area (Å²) in [7, 11) is 0. The highest BCUT2D eigenvalue weighted by molar-refractivity contribution is 7.80. The molecule has 0 amide bonds. The molecule has 2 aromatic rings. The summed E-state index contributed by atoms with van der Waals surface area (Å²) in [4.78, 5) is 6.51. The minimum absolute atomic E-state index is 0.227. The molecule has 2 atom stereocenters. The van der Waals surface area contributed by atoms with Gasteiger partial charge in [0.25, 0.3) is 0 Å². The lowest BCUT2D eigenvalue weighted by Gasteiger charge is -2.41. The van der Waals surface area contributed by atoms with Gasteiger partial charge in [0.2, 0.25) is 0 Å². The molecule has 1 aliphatic rings. The van der Waals surface area contributed by atoms with Gasteiger partial charge < -0.3 is 15.5 Å². The molecule has 1 aromatic heterocycles. The fourth-order valence-electron chi connectivity index (χ4n) is 3.53. The van der Waals surface area contributed by atoms with Crippen molar-refractivity contribution in [3.05, 3.63) is 52.7 Å². The second-order valence-electron chi connectivity index (χ2n) is 6.68. The Bertz CT molecular complexity index is 666. The summed E-state index contributed by atoms with van der Waals surface area (Å²) in [5.41, 5.74) is 1.02. The van der Waals surface area contributed by atoms with Crippen LogP contribution in [-0.4, -0.2) is 53.7 Å². The topological polar surface area (TPSA) is 30.5 Å². The van der Waals surface area contributed by atoms with Crippen LogP contribution in [0, 0.1) is 0 Å². The van der Waals surface area contributed by atoms with E-state index in [4.69, 9.17) is 12.2 Å². The summed E-state index contributed by atoms with van der Waals surface area (Å²) in [6.07, 6.45) is 0. The van der Waals surface area contributed by atoms with E-state index < -0.39 is 0 Å². The van der Waals surface area contributed by atoms with E-state index in [9.17, 15) is 0 Å². The number of thiophene rings is 1. The summed E-state index contributed by atoms with van der Waals surface area (Å²) >= 11 is 7.39. The van der Waals surface area contributed by atoms with Crippen molar-refractivity contribution >= 4 is 34.4 Å². The van der Waals surface area contributed by atoms with Gasteiger partial charge >= 0.3 is 0 Å². The van der Waals surface area contributed by atoms with Gasteiger partial charge in [-0.3, -0.25) is 4.90 Å². The van der Waals surface area contributed by atoms with E-state index >= 15 is 0 Å². The smallest absolute Gasteiger partial charge is 0.171 e. The van der Waals surface area contributed by atoms with Crippen LogP contribution in [0.4, 0.5) is 5.69 Å². The average molecular weight is 389 g/mol. The van der Waals surface area contributed by atoms with E-state index in [1.807, 2.05) is 41.7 Å². The summed E-state index contributed by atoms with van der Waals surface area (Å²) < 4.78 is 0. The molecule has 26 heavy (non-hydrogen) atoms. The Morgan fingerprint density at radius 2 is 1.85 bits per heavy atom. The van der Waals surface area contributed by atoms with Crippen molar-refractivity contribution in [2.75, 3.05) is 38.0 Å². The molecular weight excluding hydrogens is 360 g/mol. The molecule has 3 rings (SSSR count). The quantitative estimate of drug-likeness (QED) is 0.735. The maximum atomic E-state index is 5.55. The Kier molecular flexibility index (Phi) is 7.02. The number of anilines is 1. The second-order valence-corrected chi connectivity index (χ2v) is 8.07. The van der Waals surface area contributed by atoms with Gasteiger partial charge in [-0.05, 0) is 49.3 Å². The largest absolute Gasteiger partial charge is 0.358 e. The van der Waals surface area contributed by atoms with Crippen molar-refractivity contribution in [3.8, 4) is 0 Å². The van der Waals surface area contributed by atoms with E-state index in [-0.39, 0.29) is 6.04 Å². The molecule has 2 heterocycles. The number of nitrogens with one attached hydrogen (secondary N) is 2. The normalized spacial score (nSPS) is 18.2. The van der Waals surface area contributed by atoms with Gasteiger partial charge in [-0.15, -0.1) is 11.3 Å². The summed E-state index contributed by atoms with van der Waals surface area (Å²) in [5, 5.41) is 9.64. The monoisotopic (exact) mass is 388 g/mol. The molecule has 2 N–H and O–H groups in total. The predicted molar refractivity (Wildman–Crippen MR) is 116 cm³/mol. The van der Waals surface area contributed by atoms with E-state index in [1.54, 1.807) is 0 Å². The number of para-hydroxylation sites is 1. The first-order valence-electron chi connectivity index (χ1n) is 9.29. The highest BCUT2D eigenvalue weighted by atomic mass is 32.1. The summed E-state index contributed by atoms with van der Waals surface area (Å²) in [6, 6.07) is 15.0. The zero-order valence-corrected chi connectivity index (χ0v) is 17.2. The van der Waals surface area contributed by atoms with E-state index in [1.165, 1.54) is 4.88 Å². The number of nitrogens with zero attached hydrogens (tertiary/aromatic N) is 2. The minimum atomic E-state index is 0.227. The molecule has 1 fully saturated rings. The maximum absolute atomic E-state index is 5.55. The van der Waals surface area contributed by atoms with Crippen molar-refractivity contribution < 1.29 is 0 Å². The van der Waals surface area contributed by atoms with Crippen molar-refractivity contribution in [1.82, 2.24) is 15.1 Å². The fourth-order valence-corrected chi connectivity index (χ4v) is 4.80. The number of hydrogen-bond donors (Lipinski definition) is 2. The summed E-state index contributed by atoms with van der Waals surface area (Å²) in [5.74, 6) is 0.